The van der Waals surface area contributed by atoms with Gasteiger partial charge in [-0.3, -0.25) is 9.74 Å². The maximum absolute atomic E-state index is 12.6. The summed E-state index contributed by atoms with van der Waals surface area (Å²) >= 11 is 0. The van der Waals surface area contributed by atoms with Crippen molar-refractivity contribution < 1.29 is 37.0 Å². The molecule has 1 fully saturated rings. The van der Waals surface area contributed by atoms with Gasteiger partial charge in [0, 0.05) is 34.1 Å². The van der Waals surface area contributed by atoms with Crippen molar-refractivity contribution >= 4 is 17.6 Å². The van der Waals surface area contributed by atoms with Gasteiger partial charge in [-0.15, -0.1) is 13.2 Å². The monoisotopic (exact) mass is 576 g/mol. The molecule has 2 N–H and O–H groups in total. The largest absolute Gasteiger partial charge is 0.573 e. The number of carbonyl (C=O) groups is 2. The minimum absolute atomic E-state index is 0.0484. The van der Waals surface area contributed by atoms with E-state index < -0.39 is 18.2 Å². The van der Waals surface area contributed by atoms with E-state index in [2.05, 4.69) is 20.3 Å². The van der Waals surface area contributed by atoms with Gasteiger partial charge in [-0.2, -0.15) is 5.10 Å². The quantitative estimate of drug-likeness (QED) is 0.250. The highest BCUT2D eigenvalue weighted by molar-refractivity contribution is 5.94. The molecule has 12 heteroatoms. The number of nitrogens with one attached hydrogen (secondary N) is 2. The molecule has 8 nitrogen and oxygen atoms in total. The lowest BCUT2D eigenvalue weighted by Gasteiger charge is -2.32. The average Bonchev–Trinajstić information content (AvgIpc) is 3.40. The van der Waals surface area contributed by atoms with E-state index in [9.17, 15) is 27.3 Å². The van der Waals surface area contributed by atoms with Crippen LogP contribution < -0.4 is 15.4 Å². The fourth-order valence-electron chi connectivity index (χ4n) is 5.12. The van der Waals surface area contributed by atoms with Crippen molar-refractivity contribution in [1.29, 1.82) is 0 Å². The highest BCUT2D eigenvalue weighted by Crippen LogP contribution is 2.38. The first kappa shape index (κ1) is 29.9. The fraction of sp³-hybridized carbons (Fsp3) is 0.414. The zero-order valence-corrected chi connectivity index (χ0v) is 22.5. The Hall–Kier alpha value is -4.09. The van der Waals surface area contributed by atoms with Crippen LogP contribution in [-0.4, -0.2) is 34.6 Å². The van der Waals surface area contributed by atoms with Gasteiger partial charge in [-0.1, -0.05) is 26.2 Å². The molecule has 0 aliphatic heterocycles. The van der Waals surface area contributed by atoms with Crippen LogP contribution in [0.15, 0.2) is 54.7 Å². The molecular weight excluding hydrogens is 544 g/mol. The van der Waals surface area contributed by atoms with E-state index in [1.54, 1.807) is 28.9 Å². The summed E-state index contributed by atoms with van der Waals surface area (Å²) in [5, 5.41) is 10.9. The molecule has 2 aromatic carbocycles. The molecule has 1 aromatic heterocycles. The molecule has 41 heavy (non-hydrogen) atoms. The van der Waals surface area contributed by atoms with Gasteiger partial charge in [0.25, 0.3) is 5.91 Å². The van der Waals surface area contributed by atoms with Crippen LogP contribution in [0.1, 0.15) is 73.1 Å². The molecule has 4 rings (SSSR count). The molecule has 3 aromatic rings. The fourth-order valence-corrected chi connectivity index (χ4v) is 5.12. The van der Waals surface area contributed by atoms with Crippen molar-refractivity contribution in [1.82, 2.24) is 15.1 Å². The third-order valence-corrected chi connectivity index (χ3v) is 7.12. The minimum Gasteiger partial charge on any atom is -0.406 e. The summed E-state index contributed by atoms with van der Waals surface area (Å²) in [5.41, 5.74) is 3.70. The molecule has 1 atom stereocenters. The summed E-state index contributed by atoms with van der Waals surface area (Å²) in [4.78, 5) is 26.4. The van der Waals surface area contributed by atoms with Gasteiger partial charge in [0.15, 0.2) is 0 Å². The van der Waals surface area contributed by atoms with Crippen molar-refractivity contribution in [2.24, 2.45) is 5.92 Å². The Morgan fingerprint density at radius 2 is 1.73 bits per heavy atom. The number of rotatable bonds is 11. The van der Waals surface area contributed by atoms with E-state index in [0.717, 1.165) is 42.6 Å². The summed E-state index contributed by atoms with van der Waals surface area (Å²) < 4.78 is 55.2. The lowest BCUT2D eigenvalue weighted by molar-refractivity contribution is -0.274. The number of nitrogens with zero attached hydrogens (tertiary/aromatic N) is 2. The number of benzene rings is 2. The SMILES string of the molecule is CCc1nn(-c2ccc(OC(F)(F)F)cc2)cc1C(Nc1ccc(C(=O)NCCC(=O)OF)cc1)C1CCCCC1. The van der Waals surface area contributed by atoms with Crippen LogP contribution in [0.3, 0.4) is 0 Å². The van der Waals surface area contributed by atoms with Gasteiger partial charge in [-0.25, -0.2) is 9.48 Å². The summed E-state index contributed by atoms with van der Waals surface area (Å²) in [6, 6.07) is 12.4. The van der Waals surface area contributed by atoms with E-state index in [1.807, 2.05) is 13.1 Å². The highest BCUT2D eigenvalue weighted by Gasteiger charge is 2.31. The number of alkyl halides is 3. The lowest BCUT2D eigenvalue weighted by atomic mass is 9.81. The van der Waals surface area contributed by atoms with Crippen molar-refractivity contribution in [3.8, 4) is 11.4 Å². The zero-order valence-electron chi connectivity index (χ0n) is 22.5. The summed E-state index contributed by atoms with van der Waals surface area (Å²) in [5.74, 6) is -1.41. The number of hydrogen-bond donors (Lipinski definition) is 2. The van der Waals surface area contributed by atoms with Crippen molar-refractivity contribution in [2.45, 2.75) is 64.3 Å². The molecule has 1 saturated carbocycles. The number of ether oxygens (including phenoxy) is 1. The molecule has 220 valence electrons. The predicted octanol–water partition coefficient (Wildman–Crippen LogP) is 6.61. The van der Waals surface area contributed by atoms with Gasteiger partial charge in [-0.05, 0) is 73.7 Å². The van der Waals surface area contributed by atoms with E-state index in [0.29, 0.717) is 23.6 Å². The van der Waals surface area contributed by atoms with E-state index >= 15 is 0 Å². The lowest BCUT2D eigenvalue weighted by Crippen LogP contribution is -2.26. The Kier molecular flexibility index (Phi) is 9.85. The molecule has 0 saturated heterocycles. The number of halogens is 4. The minimum atomic E-state index is -4.76. The second-order valence-corrected chi connectivity index (χ2v) is 9.92. The van der Waals surface area contributed by atoms with Crippen LogP contribution in [0.5, 0.6) is 5.75 Å². The van der Waals surface area contributed by atoms with E-state index in [1.165, 1.54) is 30.7 Å². The average molecular weight is 577 g/mol. The van der Waals surface area contributed by atoms with Gasteiger partial charge in [0.2, 0.25) is 0 Å². The Balaban J connectivity index is 1.54. The summed E-state index contributed by atoms with van der Waals surface area (Å²) in [7, 11) is 0. The number of carbonyl (C=O) groups excluding carboxylic acids is 2. The number of amides is 1. The number of anilines is 1. The maximum atomic E-state index is 12.6. The first-order valence-electron chi connectivity index (χ1n) is 13.6. The van der Waals surface area contributed by atoms with Gasteiger partial charge < -0.3 is 15.4 Å². The van der Waals surface area contributed by atoms with Crippen LogP contribution >= 0.6 is 0 Å². The van der Waals surface area contributed by atoms with Crippen LogP contribution in [0.25, 0.3) is 5.69 Å². The molecule has 0 spiro atoms. The molecule has 1 unspecified atom stereocenters. The first-order valence-corrected chi connectivity index (χ1v) is 13.6. The number of aryl methyl sites for hydroxylation is 1. The van der Waals surface area contributed by atoms with Crippen LogP contribution in [-0.2, 0) is 16.2 Å². The third-order valence-electron chi connectivity index (χ3n) is 7.12. The topological polar surface area (TPSA) is 94.5 Å². The zero-order chi connectivity index (χ0) is 29.4. The second-order valence-electron chi connectivity index (χ2n) is 9.92. The Bertz CT molecular complexity index is 1300. The van der Waals surface area contributed by atoms with Gasteiger partial charge in [0.1, 0.15) is 5.75 Å². The van der Waals surface area contributed by atoms with Crippen LogP contribution in [0, 0.1) is 5.92 Å². The first-order chi connectivity index (χ1) is 19.7. The van der Waals surface area contributed by atoms with E-state index in [4.69, 9.17) is 5.10 Å². The summed E-state index contributed by atoms with van der Waals surface area (Å²) in [6.07, 6.45) is 3.05. The Morgan fingerprint density at radius 1 is 1.05 bits per heavy atom. The Morgan fingerprint density at radius 3 is 2.34 bits per heavy atom. The maximum Gasteiger partial charge on any atom is 0.573 e. The molecular formula is C29H32F4N4O4. The third kappa shape index (κ3) is 8.21. The van der Waals surface area contributed by atoms with E-state index in [-0.39, 0.29) is 24.8 Å². The number of hydrogen-bond acceptors (Lipinski definition) is 6. The van der Waals surface area contributed by atoms with Crippen LogP contribution in [0.2, 0.25) is 0 Å². The summed E-state index contributed by atoms with van der Waals surface area (Å²) in [6.45, 7) is 1.96. The molecule has 1 aliphatic rings. The van der Waals surface area contributed by atoms with Crippen molar-refractivity contribution in [2.75, 3.05) is 11.9 Å². The predicted molar refractivity (Wildman–Crippen MR) is 143 cm³/mol. The van der Waals surface area contributed by atoms with Gasteiger partial charge in [0.05, 0.1) is 23.8 Å². The van der Waals surface area contributed by atoms with Crippen molar-refractivity contribution in [3.05, 3.63) is 71.5 Å². The second kappa shape index (κ2) is 13.5. The number of aromatic nitrogens is 2. The molecule has 0 bridgehead atoms. The standard InChI is InChI=1S/C29H32F4N4O4/c1-2-25-24(18-37(36-25)22-12-14-23(15-13-22)40-29(30,31)32)27(19-6-4-3-5-7-19)35-21-10-8-20(9-11-21)28(39)34-17-16-26(38)41-33/h8-15,18-19,27,35H,2-7,16-17H2,1H3,(H,34,39). The van der Waals surface area contributed by atoms with Crippen molar-refractivity contribution in [3.63, 3.8) is 0 Å². The Labute approximate surface area is 234 Å². The molecule has 1 heterocycles. The van der Waals surface area contributed by atoms with Crippen LogP contribution in [0.4, 0.5) is 23.4 Å². The molecule has 1 amide bonds. The normalized spacial score (nSPS) is 14.8. The van der Waals surface area contributed by atoms with Gasteiger partial charge >= 0.3 is 12.3 Å². The smallest absolute Gasteiger partial charge is 0.406 e. The highest BCUT2D eigenvalue weighted by atomic mass is 19.4. The molecule has 0 radical (unpaired) electrons. The molecule has 1 aliphatic carbocycles.